The van der Waals surface area contributed by atoms with Gasteiger partial charge in [0.1, 0.15) is 11.3 Å². The molecule has 6 heteroatoms. The van der Waals surface area contributed by atoms with Crippen molar-refractivity contribution < 1.29 is 9.21 Å². The van der Waals surface area contributed by atoms with E-state index in [1.165, 1.54) is 4.90 Å². The van der Waals surface area contributed by atoms with Crippen molar-refractivity contribution in [2.45, 2.75) is 6.92 Å². The molecule has 100 valence electrons. The molecule has 0 aliphatic heterocycles. The van der Waals surface area contributed by atoms with Crippen LogP contribution in [0.5, 0.6) is 0 Å². The number of fused-ring (bicyclic) bond motifs is 1. The molecular formula is C13H16N4O2. The standard InChI is InChI=1S/C13H16N4O2/c1-8-6-9-7-10(4-5-11(9)19-8)15-12(14)16-13(18)17(2)3/h4-7H,1-3H3,(H3,14,15,16,18). The number of carbonyl (C=O) groups is 1. The van der Waals surface area contributed by atoms with Crippen molar-refractivity contribution in [3.05, 3.63) is 30.0 Å². The van der Waals surface area contributed by atoms with Crippen LogP contribution in [0.1, 0.15) is 5.76 Å². The summed E-state index contributed by atoms with van der Waals surface area (Å²) >= 11 is 0. The fourth-order valence-corrected chi connectivity index (χ4v) is 1.62. The molecule has 3 N–H and O–H groups in total. The number of aliphatic imine (C=N–C) groups is 1. The highest BCUT2D eigenvalue weighted by Gasteiger charge is 2.05. The number of nitrogens with one attached hydrogen (secondary N) is 1. The lowest BCUT2D eigenvalue weighted by molar-refractivity contribution is 0.222. The molecule has 6 nitrogen and oxygen atoms in total. The Hall–Kier alpha value is -2.50. The number of hydrogen-bond acceptors (Lipinski definition) is 3. The van der Waals surface area contributed by atoms with E-state index in [1.807, 2.05) is 25.1 Å². The second-order valence-electron chi connectivity index (χ2n) is 4.40. The Labute approximate surface area is 110 Å². The van der Waals surface area contributed by atoms with Crippen molar-refractivity contribution >= 4 is 28.6 Å². The highest BCUT2D eigenvalue weighted by Crippen LogP contribution is 2.23. The number of aryl methyl sites for hydroxylation is 1. The molecule has 1 heterocycles. The summed E-state index contributed by atoms with van der Waals surface area (Å²) in [5.41, 5.74) is 7.12. The first-order valence-corrected chi connectivity index (χ1v) is 5.78. The lowest BCUT2D eigenvalue weighted by atomic mass is 10.2. The molecular weight excluding hydrogens is 244 g/mol. The summed E-state index contributed by atoms with van der Waals surface area (Å²) in [7, 11) is 3.26. The highest BCUT2D eigenvalue weighted by atomic mass is 16.3. The van der Waals surface area contributed by atoms with E-state index in [0.717, 1.165) is 16.7 Å². The normalized spacial score (nSPS) is 11.6. The minimum absolute atomic E-state index is 0.0540. The van der Waals surface area contributed by atoms with Gasteiger partial charge in [-0.1, -0.05) is 0 Å². The first-order valence-electron chi connectivity index (χ1n) is 5.78. The molecule has 1 aromatic heterocycles. The first kappa shape index (κ1) is 12.9. The smallest absolute Gasteiger partial charge is 0.323 e. The van der Waals surface area contributed by atoms with Gasteiger partial charge in [-0.05, 0) is 31.2 Å². The van der Waals surface area contributed by atoms with E-state index in [-0.39, 0.29) is 12.0 Å². The molecule has 0 saturated carbocycles. The van der Waals surface area contributed by atoms with Gasteiger partial charge in [-0.25, -0.2) is 9.79 Å². The molecule has 0 atom stereocenters. The van der Waals surface area contributed by atoms with Crippen LogP contribution in [0.15, 0.2) is 33.7 Å². The molecule has 2 aromatic rings. The van der Waals surface area contributed by atoms with Crippen LogP contribution in [0.3, 0.4) is 0 Å². The number of amides is 2. The van der Waals surface area contributed by atoms with Crippen LogP contribution in [-0.4, -0.2) is 31.0 Å². The number of benzene rings is 1. The Bertz CT molecular complexity index is 643. The Balaban J connectivity index is 2.22. The molecule has 19 heavy (non-hydrogen) atoms. The van der Waals surface area contributed by atoms with Crippen LogP contribution in [0.2, 0.25) is 0 Å². The maximum Gasteiger partial charge on any atom is 0.323 e. The van der Waals surface area contributed by atoms with Crippen LogP contribution in [-0.2, 0) is 0 Å². The summed E-state index contributed by atoms with van der Waals surface area (Å²) in [6.45, 7) is 1.88. The van der Waals surface area contributed by atoms with Crippen LogP contribution in [0.4, 0.5) is 10.5 Å². The maximum atomic E-state index is 11.4. The molecule has 0 aliphatic carbocycles. The predicted molar refractivity (Wildman–Crippen MR) is 74.5 cm³/mol. The monoisotopic (exact) mass is 260 g/mol. The van der Waals surface area contributed by atoms with E-state index in [0.29, 0.717) is 5.69 Å². The van der Waals surface area contributed by atoms with Gasteiger partial charge in [0.25, 0.3) is 0 Å². The van der Waals surface area contributed by atoms with Crippen molar-refractivity contribution in [2.24, 2.45) is 10.7 Å². The van der Waals surface area contributed by atoms with Crippen LogP contribution in [0.25, 0.3) is 11.0 Å². The first-order chi connectivity index (χ1) is 8.95. The number of rotatable bonds is 1. The zero-order chi connectivity index (χ0) is 14.0. The molecule has 0 saturated heterocycles. The number of nitrogens with zero attached hydrogens (tertiary/aromatic N) is 2. The van der Waals surface area contributed by atoms with E-state index in [2.05, 4.69) is 10.3 Å². The largest absolute Gasteiger partial charge is 0.461 e. The maximum absolute atomic E-state index is 11.4. The van der Waals surface area contributed by atoms with E-state index < -0.39 is 0 Å². The third-order valence-corrected chi connectivity index (χ3v) is 2.51. The Morgan fingerprint density at radius 1 is 1.37 bits per heavy atom. The fraction of sp³-hybridized carbons (Fsp3) is 0.231. The minimum atomic E-state index is -0.318. The average Bonchev–Trinajstić information content (AvgIpc) is 2.68. The Kier molecular flexibility index (Phi) is 3.41. The van der Waals surface area contributed by atoms with Gasteiger partial charge >= 0.3 is 6.03 Å². The number of nitrogens with two attached hydrogens (primary N) is 1. The summed E-state index contributed by atoms with van der Waals surface area (Å²) in [4.78, 5) is 16.9. The molecule has 0 fully saturated rings. The van der Waals surface area contributed by atoms with E-state index in [4.69, 9.17) is 10.2 Å². The van der Waals surface area contributed by atoms with Crippen molar-refractivity contribution in [1.82, 2.24) is 10.2 Å². The van der Waals surface area contributed by atoms with Gasteiger partial charge in [-0.2, -0.15) is 0 Å². The van der Waals surface area contributed by atoms with Crippen LogP contribution < -0.4 is 11.1 Å². The molecule has 0 aliphatic rings. The topological polar surface area (TPSA) is 83.9 Å². The summed E-state index contributed by atoms with van der Waals surface area (Å²) in [5, 5.41) is 3.42. The second kappa shape index (κ2) is 5.01. The molecule has 0 radical (unpaired) electrons. The van der Waals surface area contributed by atoms with Crippen LogP contribution >= 0.6 is 0 Å². The molecule has 0 bridgehead atoms. The zero-order valence-electron chi connectivity index (χ0n) is 11.1. The van der Waals surface area contributed by atoms with Crippen molar-refractivity contribution in [3.8, 4) is 0 Å². The van der Waals surface area contributed by atoms with Gasteiger partial charge in [0, 0.05) is 19.5 Å². The van der Waals surface area contributed by atoms with E-state index >= 15 is 0 Å². The molecule has 2 amide bonds. The summed E-state index contributed by atoms with van der Waals surface area (Å²) in [5.74, 6) is 0.892. The van der Waals surface area contributed by atoms with E-state index in [1.54, 1.807) is 20.2 Å². The Morgan fingerprint density at radius 3 is 2.79 bits per heavy atom. The summed E-state index contributed by atoms with van der Waals surface area (Å²) < 4.78 is 5.47. The van der Waals surface area contributed by atoms with Gasteiger partial charge < -0.3 is 15.1 Å². The van der Waals surface area contributed by atoms with E-state index in [9.17, 15) is 4.79 Å². The fourth-order valence-electron chi connectivity index (χ4n) is 1.62. The predicted octanol–water partition coefficient (Wildman–Crippen LogP) is 1.96. The number of urea groups is 1. The summed E-state index contributed by atoms with van der Waals surface area (Å²) in [6, 6.07) is 7.05. The summed E-state index contributed by atoms with van der Waals surface area (Å²) in [6.07, 6.45) is 0. The number of hydrogen-bond donors (Lipinski definition) is 2. The number of guanidine groups is 1. The lowest BCUT2D eigenvalue weighted by Gasteiger charge is -2.10. The quantitative estimate of drug-likeness (QED) is 0.607. The van der Waals surface area contributed by atoms with Crippen LogP contribution in [0, 0.1) is 6.92 Å². The third kappa shape index (κ3) is 3.04. The molecule has 1 aromatic carbocycles. The highest BCUT2D eigenvalue weighted by molar-refractivity contribution is 5.96. The average molecular weight is 260 g/mol. The molecule has 0 spiro atoms. The van der Waals surface area contributed by atoms with Gasteiger partial charge in [-0.15, -0.1) is 0 Å². The van der Waals surface area contributed by atoms with Gasteiger partial charge in [-0.3, -0.25) is 5.32 Å². The third-order valence-electron chi connectivity index (χ3n) is 2.51. The molecule has 2 rings (SSSR count). The second-order valence-corrected chi connectivity index (χ2v) is 4.40. The van der Waals surface area contributed by atoms with Gasteiger partial charge in [0.05, 0.1) is 5.69 Å². The Morgan fingerprint density at radius 2 is 2.11 bits per heavy atom. The minimum Gasteiger partial charge on any atom is -0.461 e. The number of carbonyl (C=O) groups excluding carboxylic acids is 1. The molecule has 0 unspecified atom stereocenters. The van der Waals surface area contributed by atoms with Gasteiger partial charge in [0.2, 0.25) is 5.96 Å². The van der Waals surface area contributed by atoms with Gasteiger partial charge in [0.15, 0.2) is 0 Å². The van der Waals surface area contributed by atoms with Crippen molar-refractivity contribution in [3.63, 3.8) is 0 Å². The SMILES string of the molecule is Cc1cc2cc(N=C(N)NC(=O)N(C)C)ccc2o1. The lowest BCUT2D eigenvalue weighted by Crippen LogP contribution is -2.42. The zero-order valence-corrected chi connectivity index (χ0v) is 11.1. The number of furan rings is 1. The van der Waals surface area contributed by atoms with Crippen molar-refractivity contribution in [1.29, 1.82) is 0 Å². The van der Waals surface area contributed by atoms with Crippen molar-refractivity contribution in [2.75, 3.05) is 14.1 Å².